The van der Waals surface area contributed by atoms with Crippen LogP contribution in [0.1, 0.15) is 35.1 Å². The summed E-state index contributed by atoms with van der Waals surface area (Å²) in [7, 11) is 0. The van der Waals surface area contributed by atoms with Crippen molar-refractivity contribution in [2.24, 2.45) is 0 Å². The molecule has 1 heterocycles. The van der Waals surface area contributed by atoms with E-state index >= 15 is 0 Å². The second-order valence-corrected chi connectivity index (χ2v) is 8.06. The number of hydrogen-bond donors (Lipinski definition) is 2. The molecule has 2 aromatic carbocycles. The molecule has 154 valence electrons. The number of alkyl halides is 3. The van der Waals surface area contributed by atoms with E-state index in [0.29, 0.717) is 34.6 Å². The molecule has 29 heavy (non-hydrogen) atoms. The summed E-state index contributed by atoms with van der Waals surface area (Å²) >= 11 is 9.51. The molecule has 0 saturated carbocycles. The topological polar surface area (TPSA) is 41.1 Å². The highest BCUT2D eigenvalue weighted by Gasteiger charge is 2.32. The van der Waals surface area contributed by atoms with Gasteiger partial charge in [-0.2, -0.15) is 13.2 Å². The molecule has 1 atom stereocenters. The summed E-state index contributed by atoms with van der Waals surface area (Å²) in [6, 6.07) is 9.41. The zero-order valence-electron chi connectivity index (χ0n) is 15.3. The molecule has 1 aliphatic heterocycles. The Kier molecular flexibility index (Phi) is 7.03. The number of rotatable bonds is 6. The average Bonchev–Trinajstić information content (AvgIpc) is 3.07. The fourth-order valence-corrected chi connectivity index (χ4v) is 3.74. The van der Waals surface area contributed by atoms with Crippen molar-refractivity contribution in [1.29, 1.82) is 0 Å². The normalized spacial score (nSPS) is 17.1. The second-order valence-electron chi connectivity index (χ2n) is 6.83. The van der Waals surface area contributed by atoms with Gasteiger partial charge in [0.15, 0.2) is 0 Å². The van der Waals surface area contributed by atoms with Gasteiger partial charge in [-0.1, -0.05) is 42.0 Å². The standard InChI is InChI=1S/C21H19BrClF3N2O/c22-18-3-1-2-14(20(18)23)5-6-15-10-13(4-8-17(15)21(24,25)26)11-27-12-16-7-9-19(29)28-16/h1-6,8,10,16,27H,7,9,11-12H2,(H,28,29)/b6-5+. The first-order valence-corrected chi connectivity index (χ1v) is 10.2. The number of benzene rings is 2. The predicted molar refractivity (Wildman–Crippen MR) is 112 cm³/mol. The molecule has 8 heteroatoms. The van der Waals surface area contributed by atoms with Gasteiger partial charge in [-0.15, -0.1) is 0 Å². The molecule has 2 aromatic rings. The van der Waals surface area contributed by atoms with Crippen molar-refractivity contribution >= 4 is 45.6 Å². The first kappa shape index (κ1) is 21.9. The number of hydrogen-bond acceptors (Lipinski definition) is 2. The molecular formula is C21H19BrClF3N2O. The fourth-order valence-electron chi connectivity index (χ4n) is 3.17. The van der Waals surface area contributed by atoms with Crippen molar-refractivity contribution in [1.82, 2.24) is 10.6 Å². The summed E-state index contributed by atoms with van der Waals surface area (Å²) < 4.78 is 40.9. The van der Waals surface area contributed by atoms with Crippen LogP contribution in [-0.4, -0.2) is 18.5 Å². The molecule has 3 rings (SSSR count). The Labute approximate surface area is 180 Å². The minimum atomic E-state index is -4.46. The lowest BCUT2D eigenvalue weighted by Gasteiger charge is -2.14. The molecular weight excluding hydrogens is 469 g/mol. The van der Waals surface area contributed by atoms with Crippen LogP contribution in [0.4, 0.5) is 13.2 Å². The summed E-state index contributed by atoms with van der Waals surface area (Å²) in [5.74, 6) is 0.0324. The number of carbonyl (C=O) groups excluding carboxylic acids is 1. The minimum Gasteiger partial charge on any atom is -0.352 e. The quantitative estimate of drug-likeness (QED) is 0.516. The van der Waals surface area contributed by atoms with Crippen molar-refractivity contribution in [3.63, 3.8) is 0 Å². The smallest absolute Gasteiger partial charge is 0.352 e. The molecule has 1 unspecified atom stereocenters. The van der Waals surface area contributed by atoms with Crippen LogP contribution >= 0.6 is 27.5 Å². The summed E-state index contributed by atoms with van der Waals surface area (Å²) in [6.45, 7) is 0.981. The van der Waals surface area contributed by atoms with Gasteiger partial charge in [-0.05, 0) is 57.2 Å². The Morgan fingerprint density at radius 2 is 1.97 bits per heavy atom. The Bertz CT molecular complexity index is 931. The Balaban J connectivity index is 1.78. The molecule has 0 spiro atoms. The number of amides is 1. The van der Waals surface area contributed by atoms with E-state index in [0.717, 1.165) is 18.1 Å². The first-order valence-electron chi connectivity index (χ1n) is 9.06. The van der Waals surface area contributed by atoms with Crippen LogP contribution < -0.4 is 10.6 Å². The maximum atomic E-state index is 13.4. The lowest BCUT2D eigenvalue weighted by Crippen LogP contribution is -2.35. The number of carbonyl (C=O) groups is 1. The highest BCUT2D eigenvalue weighted by molar-refractivity contribution is 9.10. The van der Waals surface area contributed by atoms with Crippen molar-refractivity contribution in [3.8, 4) is 0 Å². The van der Waals surface area contributed by atoms with Crippen LogP contribution in [0.15, 0.2) is 40.9 Å². The van der Waals surface area contributed by atoms with E-state index in [1.165, 1.54) is 18.2 Å². The predicted octanol–water partition coefficient (Wildman–Crippen LogP) is 5.66. The van der Waals surface area contributed by atoms with Gasteiger partial charge >= 0.3 is 6.18 Å². The fraction of sp³-hybridized carbons (Fsp3) is 0.286. The van der Waals surface area contributed by atoms with Gasteiger partial charge in [0, 0.05) is 30.0 Å². The molecule has 0 aromatic heterocycles. The summed E-state index contributed by atoms with van der Waals surface area (Å²) in [4.78, 5) is 11.2. The number of nitrogens with one attached hydrogen (secondary N) is 2. The van der Waals surface area contributed by atoms with Crippen LogP contribution in [0.2, 0.25) is 5.02 Å². The Morgan fingerprint density at radius 3 is 2.66 bits per heavy atom. The van der Waals surface area contributed by atoms with Gasteiger partial charge in [0.2, 0.25) is 5.91 Å². The third-order valence-corrected chi connectivity index (χ3v) is 5.96. The second kappa shape index (κ2) is 9.32. The third-order valence-electron chi connectivity index (χ3n) is 4.65. The number of halogens is 5. The molecule has 0 aliphatic carbocycles. The van der Waals surface area contributed by atoms with Crippen molar-refractivity contribution in [3.05, 3.63) is 68.1 Å². The zero-order chi connectivity index (χ0) is 21.0. The summed E-state index contributed by atoms with van der Waals surface area (Å²) in [6.07, 6.45) is -0.180. The highest BCUT2D eigenvalue weighted by Crippen LogP contribution is 2.34. The van der Waals surface area contributed by atoms with Crippen LogP contribution in [0.25, 0.3) is 12.2 Å². The van der Waals surface area contributed by atoms with E-state index in [2.05, 4.69) is 26.6 Å². The van der Waals surface area contributed by atoms with Gasteiger partial charge in [0.25, 0.3) is 0 Å². The molecule has 1 aliphatic rings. The van der Waals surface area contributed by atoms with Gasteiger partial charge in [0.1, 0.15) is 0 Å². The van der Waals surface area contributed by atoms with E-state index in [-0.39, 0.29) is 17.5 Å². The van der Waals surface area contributed by atoms with Crippen LogP contribution in [-0.2, 0) is 17.5 Å². The lowest BCUT2D eigenvalue weighted by molar-refractivity contribution is -0.137. The van der Waals surface area contributed by atoms with Crippen molar-refractivity contribution in [2.45, 2.75) is 31.6 Å². The van der Waals surface area contributed by atoms with Gasteiger partial charge in [-0.25, -0.2) is 0 Å². The van der Waals surface area contributed by atoms with Gasteiger partial charge in [-0.3, -0.25) is 4.79 Å². The summed E-state index contributed by atoms with van der Waals surface area (Å²) in [5.41, 5.74) is 0.714. The maximum absolute atomic E-state index is 13.4. The van der Waals surface area contributed by atoms with Crippen molar-refractivity contribution < 1.29 is 18.0 Å². The average molecular weight is 488 g/mol. The first-order chi connectivity index (χ1) is 13.7. The van der Waals surface area contributed by atoms with E-state index in [1.54, 1.807) is 24.3 Å². The van der Waals surface area contributed by atoms with Crippen molar-refractivity contribution in [2.75, 3.05) is 6.54 Å². The Morgan fingerprint density at radius 1 is 1.21 bits per heavy atom. The Hall–Kier alpha value is -1.83. The SMILES string of the molecule is O=C1CCC(CNCc2ccc(C(F)(F)F)c(/C=C/c3cccc(Br)c3Cl)c2)N1. The van der Waals surface area contributed by atoms with Crippen LogP contribution in [0, 0.1) is 0 Å². The molecule has 1 amide bonds. The van der Waals surface area contributed by atoms with E-state index in [4.69, 9.17) is 11.6 Å². The van der Waals surface area contributed by atoms with E-state index in [1.807, 2.05) is 0 Å². The molecule has 0 bridgehead atoms. The minimum absolute atomic E-state index is 0.0324. The van der Waals surface area contributed by atoms with Gasteiger partial charge in [0.05, 0.1) is 10.6 Å². The van der Waals surface area contributed by atoms with Crippen LogP contribution in [0.3, 0.4) is 0 Å². The summed E-state index contributed by atoms with van der Waals surface area (Å²) in [5, 5.41) is 6.48. The highest BCUT2D eigenvalue weighted by atomic mass is 79.9. The molecule has 1 saturated heterocycles. The molecule has 2 N–H and O–H groups in total. The lowest BCUT2D eigenvalue weighted by atomic mass is 10.0. The molecule has 1 fully saturated rings. The van der Waals surface area contributed by atoms with E-state index in [9.17, 15) is 18.0 Å². The van der Waals surface area contributed by atoms with E-state index < -0.39 is 11.7 Å². The van der Waals surface area contributed by atoms with Crippen LogP contribution in [0.5, 0.6) is 0 Å². The third kappa shape index (κ3) is 5.84. The molecule has 0 radical (unpaired) electrons. The largest absolute Gasteiger partial charge is 0.416 e. The van der Waals surface area contributed by atoms with Gasteiger partial charge < -0.3 is 10.6 Å². The maximum Gasteiger partial charge on any atom is 0.416 e. The molecule has 3 nitrogen and oxygen atoms in total. The zero-order valence-corrected chi connectivity index (χ0v) is 17.7. The monoisotopic (exact) mass is 486 g/mol.